The predicted octanol–water partition coefficient (Wildman–Crippen LogP) is 2.81. The Morgan fingerprint density at radius 2 is 2.00 bits per heavy atom. The largest absolute Gasteiger partial charge is 0.355 e. The summed E-state index contributed by atoms with van der Waals surface area (Å²) in [6.45, 7) is 9.08. The maximum atomic E-state index is 12.2. The molecule has 1 aromatic rings. The second kappa shape index (κ2) is 7.81. The first kappa shape index (κ1) is 18.0. The summed E-state index contributed by atoms with van der Waals surface area (Å²) in [4.78, 5) is 12.2. The van der Waals surface area contributed by atoms with Crippen molar-refractivity contribution in [1.82, 2.24) is 10.6 Å². The van der Waals surface area contributed by atoms with Gasteiger partial charge >= 0.3 is 0 Å². The van der Waals surface area contributed by atoms with Crippen LogP contribution in [0.25, 0.3) is 0 Å². The van der Waals surface area contributed by atoms with Crippen LogP contribution in [0.5, 0.6) is 0 Å². The van der Waals surface area contributed by atoms with Crippen LogP contribution in [0.4, 0.5) is 0 Å². The Morgan fingerprint density at radius 3 is 2.62 bits per heavy atom. The number of carbonyl (C=O) groups is 1. The van der Waals surface area contributed by atoms with Crippen molar-refractivity contribution in [2.45, 2.75) is 39.0 Å². The summed E-state index contributed by atoms with van der Waals surface area (Å²) in [5.41, 5.74) is 2.51. The van der Waals surface area contributed by atoms with Crippen molar-refractivity contribution in [1.29, 1.82) is 0 Å². The fourth-order valence-corrected chi connectivity index (χ4v) is 2.70. The van der Waals surface area contributed by atoms with Gasteiger partial charge in [-0.2, -0.15) is 0 Å². The van der Waals surface area contributed by atoms with E-state index >= 15 is 0 Å². The number of benzene rings is 1. The van der Waals surface area contributed by atoms with Gasteiger partial charge in [-0.3, -0.25) is 4.79 Å². The minimum absolute atomic E-state index is 0. The highest BCUT2D eigenvalue weighted by Crippen LogP contribution is 2.23. The normalized spacial score (nSPS) is 16.1. The third-order valence-corrected chi connectivity index (χ3v) is 4.21. The van der Waals surface area contributed by atoms with Crippen LogP contribution >= 0.6 is 12.4 Å². The molecule has 1 fully saturated rings. The Balaban J connectivity index is 0.00000220. The molecule has 1 amide bonds. The molecule has 2 N–H and O–H groups in total. The lowest BCUT2D eigenvalue weighted by Gasteiger charge is -2.28. The van der Waals surface area contributed by atoms with Gasteiger partial charge < -0.3 is 10.6 Å². The number of halogens is 1. The molecule has 1 aliphatic heterocycles. The predicted molar refractivity (Wildman–Crippen MR) is 90.1 cm³/mol. The summed E-state index contributed by atoms with van der Waals surface area (Å²) in [6.07, 6.45) is 1.91. The van der Waals surface area contributed by atoms with E-state index < -0.39 is 0 Å². The van der Waals surface area contributed by atoms with Gasteiger partial charge in [-0.15, -0.1) is 12.4 Å². The Bertz CT molecular complexity index is 468. The average Bonchev–Trinajstić information content (AvgIpc) is 2.46. The van der Waals surface area contributed by atoms with Crippen LogP contribution in [0.2, 0.25) is 0 Å². The standard InChI is InChI=1S/C17H26N2O.ClH/c1-13-5-4-6-15(11-13)17(2,3)12-19-16(20)14-7-9-18-10-8-14;/h4-6,11,14,18H,7-10,12H2,1-3H3,(H,19,20);1H. The Hall–Kier alpha value is -1.06. The van der Waals surface area contributed by atoms with Gasteiger partial charge in [0.1, 0.15) is 0 Å². The number of hydrogen-bond acceptors (Lipinski definition) is 2. The van der Waals surface area contributed by atoms with E-state index in [1.54, 1.807) is 0 Å². The van der Waals surface area contributed by atoms with Crippen LogP contribution in [0.1, 0.15) is 37.8 Å². The van der Waals surface area contributed by atoms with Crippen LogP contribution in [0, 0.1) is 12.8 Å². The number of piperidine rings is 1. The topological polar surface area (TPSA) is 41.1 Å². The molecule has 0 bridgehead atoms. The van der Waals surface area contributed by atoms with Crippen molar-refractivity contribution >= 4 is 18.3 Å². The van der Waals surface area contributed by atoms with Gasteiger partial charge in [0.05, 0.1) is 0 Å². The third kappa shape index (κ3) is 5.01. The van der Waals surface area contributed by atoms with Crippen molar-refractivity contribution < 1.29 is 4.79 Å². The molecule has 1 aliphatic rings. The number of aryl methyl sites for hydroxylation is 1. The summed E-state index contributed by atoms with van der Waals surface area (Å²) in [6, 6.07) is 8.54. The molecule has 1 aromatic carbocycles. The quantitative estimate of drug-likeness (QED) is 0.898. The van der Waals surface area contributed by atoms with Crippen LogP contribution in [-0.4, -0.2) is 25.5 Å². The summed E-state index contributed by atoms with van der Waals surface area (Å²) in [7, 11) is 0. The summed E-state index contributed by atoms with van der Waals surface area (Å²) in [5, 5.41) is 6.44. The zero-order valence-electron chi connectivity index (χ0n) is 13.2. The molecule has 1 heterocycles. The second-order valence-electron chi connectivity index (χ2n) is 6.50. The van der Waals surface area contributed by atoms with Crippen molar-refractivity contribution in [3.05, 3.63) is 35.4 Å². The van der Waals surface area contributed by atoms with E-state index in [9.17, 15) is 4.79 Å². The summed E-state index contributed by atoms with van der Waals surface area (Å²) < 4.78 is 0. The lowest BCUT2D eigenvalue weighted by Crippen LogP contribution is -2.42. The molecular weight excluding hydrogens is 284 g/mol. The monoisotopic (exact) mass is 310 g/mol. The van der Waals surface area contributed by atoms with Gasteiger partial charge in [-0.25, -0.2) is 0 Å². The molecule has 0 aromatic heterocycles. The van der Waals surface area contributed by atoms with E-state index in [-0.39, 0.29) is 29.6 Å². The smallest absolute Gasteiger partial charge is 0.223 e. The van der Waals surface area contributed by atoms with Crippen LogP contribution in [-0.2, 0) is 10.2 Å². The molecule has 1 saturated heterocycles. The number of carbonyl (C=O) groups excluding carboxylic acids is 1. The average molecular weight is 311 g/mol. The Morgan fingerprint density at radius 1 is 1.33 bits per heavy atom. The molecular formula is C17H27ClN2O. The van der Waals surface area contributed by atoms with Crippen molar-refractivity contribution in [3.8, 4) is 0 Å². The molecule has 0 atom stereocenters. The van der Waals surface area contributed by atoms with E-state index in [1.165, 1.54) is 11.1 Å². The SMILES string of the molecule is Cc1cccc(C(C)(C)CNC(=O)C2CCNCC2)c1.Cl. The molecule has 0 aliphatic carbocycles. The second-order valence-corrected chi connectivity index (χ2v) is 6.50. The first-order chi connectivity index (χ1) is 9.49. The molecule has 0 saturated carbocycles. The van der Waals surface area contributed by atoms with Gasteiger partial charge in [0.25, 0.3) is 0 Å². The first-order valence-electron chi connectivity index (χ1n) is 7.54. The molecule has 3 nitrogen and oxygen atoms in total. The first-order valence-corrected chi connectivity index (χ1v) is 7.54. The molecule has 0 unspecified atom stereocenters. The molecule has 4 heteroatoms. The molecule has 2 rings (SSSR count). The molecule has 21 heavy (non-hydrogen) atoms. The van der Waals surface area contributed by atoms with Crippen molar-refractivity contribution in [3.63, 3.8) is 0 Å². The van der Waals surface area contributed by atoms with E-state index in [2.05, 4.69) is 55.7 Å². The minimum atomic E-state index is -0.0331. The van der Waals surface area contributed by atoms with Gasteiger partial charge in [-0.05, 0) is 38.4 Å². The summed E-state index contributed by atoms with van der Waals surface area (Å²) in [5.74, 6) is 0.400. The van der Waals surface area contributed by atoms with E-state index in [1.807, 2.05) is 0 Å². The Kier molecular flexibility index (Phi) is 6.69. The van der Waals surface area contributed by atoms with Gasteiger partial charge in [-0.1, -0.05) is 43.7 Å². The van der Waals surface area contributed by atoms with Gasteiger partial charge in [0.2, 0.25) is 5.91 Å². The lowest BCUT2D eigenvalue weighted by atomic mass is 9.83. The fraction of sp³-hybridized carbons (Fsp3) is 0.588. The maximum absolute atomic E-state index is 12.2. The van der Waals surface area contributed by atoms with Gasteiger partial charge in [0, 0.05) is 17.9 Å². The zero-order valence-corrected chi connectivity index (χ0v) is 14.1. The van der Waals surface area contributed by atoms with Crippen LogP contribution in [0.15, 0.2) is 24.3 Å². The number of amides is 1. The lowest BCUT2D eigenvalue weighted by molar-refractivity contribution is -0.125. The highest BCUT2D eigenvalue weighted by molar-refractivity contribution is 5.85. The van der Waals surface area contributed by atoms with E-state index in [0.717, 1.165) is 25.9 Å². The highest BCUT2D eigenvalue weighted by atomic mass is 35.5. The van der Waals surface area contributed by atoms with Gasteiger partial charge in [0.15, 0.2) is 0 Å². The number of nitrogens with one attached hydrogen (secondary N) is 2. The third-order valence-electron chi connectivity index (χ3n) is 4.21. The maximum Gasteiger partial charge on any atom is 0.223 e. The fourth-order valence-electron chi connectivity index (χ4n) is 2.70. The van der Waals surface area contributed by atoms with Crippen molar-refractivity contribution in [2.75, 3.05) is 19.6 Å². The molecule has 0 spiro atoms. The van der Waals surface area contributed by atoms with Crippen LogP contribution < -0.4 is 10.6 Å². The van der Waals surface area contributed by atoms with E-state index in [0.29, 0.717) is 6.54 Å². The number of rotatable bonds is 4. The van der Waals surface area contributed by atoms with Crippen molar-refractivity contribution in [2.24, 2.45) is 5.92 Å². The molecule has 0 radical (unpaired) electrons. The Labute approximate surface area is 134 Å². The highest BCUT2D eigenvalue weighted by Gasteiger charge is 2.25. The number of hydrogen-bond donors (Lipinski definition) is 2. The van der Waals surface area contributed by atoms with Crippen LogP contribution in [0.3, 0.4) is 0 Å². The zero-order chi connectivity index (χ0) is 14.6. The summed E-state index contributed by atoms with van der Waals surface area (Å²) >= 11 is 0. The molecule has 118 valence electrons. The minimum Gasteiger partial charge on any atom is -0.355 e. The van der Waals surface area contributed by atoms with E-state index in [4.69, 9.17) is 0 Å².